The third kappa shape index (κ3) is 2.57. The van der Waals surface area contributed by atoms with Gasteiger partial charge in [-0.05, 0) is 36.8 Å². The molecule has 2 aromatic carbocycles. The number of carbonyl (C=O) groups is 1. The van der Waals surface area contributed by atoms with Crippen LogP contribution >= 0.6 is 11.6 Å². The first kappa shape index (κ1) is 15.3. The number of hydrogen-bond acceptors (Lipinski definition) is 3. The van der Waals surface area contributed by atoms with Crippen molar-refractivity contribution in [2.45, 2.75) is 23.0 Å². The van der Waals surface area contributed by atoms with Gasteiger partial charge in [-0.2, -0.15) is 0 Å². The molecule has 1 aliphatic rings. The number of carbonyl (C=O) groups excluding carboxylic acids is 1. The number of hydrogen-bond donors (Lipinski definition) is 0. The Labute approximate surface area is 134 Å². The van der Waals surface area contributed by atoms with Crippen LogP contribution in [-0.4, -0.2) is 20.0 Å². The van der Waals surface area contributed by atoms with Gasteiger partial charge in [-0.1, -0.05) is 41.4 Å². The van der Waals surface area contributed by atoms with Crippen molar-refractivity contribution in [1.82, 2.24) is 0 Å². The van der Waals surface area contributed by atoms with Crippen molar-refractivity contribution in [2.24, 2.45) is 5.92 Å². The molecule has 0 spiro atoms. The maximum absolute atomic E-state index is 12.7. The number of rotatable bonds is 4. The summed E-state index contributed by atoms with van der Waals surface area (Å²) < 4.78 is 25.5. The van der Waals surface area contributed by atoms with E-state index in [9.17, 15) is 13.2 Å². The molecule has 114 valence electrons. The molecule has 0 unspecified atom stereocenters. The van der Waals surface area contributed by atoms with E-state index in [4.69, 9.17) is 11.6 Å². The van der Waals surface area contributed by atoms with E-state index in [0.717, 1.165) is 17.4 Å². The van der Waals surface area contributed by atoms with Crippen molar-refractivity contribution >= 4 is 27.7 Å². The molecule has 3 nitrogen and oxygen atoms in total. The highest BCUT2D eigenvalue weighted by atomic mass is 35.5. The van der Waals surface area contributed by atoms with Crippen LogP contribution < -0.4 is 0 Å². The summed E-state index contributed by atoms with van der Waals surface area (Å²) in [5, 5.41) is -0.0983. The summed E-state index contributed by atoms with van der Waals surface area (Å²) in [6, 6.07) is 13.7. The number of sulfone groups is 1. The zero-order valence-electron chi connectivity index (χ0n) is 11.9. The van der Waals surface area contributed by atoms with Crippen LogP contribution in [-0.2, 0) is 14.6 Å². The molecular weight excluding hydrogens is 320 g/mol. The van der Waals surface area contributed by atoms with Gasteiger partial charge >= 0.3 is 0 Å². The van der Waals surface area contributed by atoms with E-state index >= 15 is 0 Å². The average molecular weight is 335 g/mol. The van der Waals surface area contributed by atoms with Crippen molar-refractivity contribution in [2.75, 3.05) is 0 Å². The Morgan fingerprint density at radius 1 is 1.00 bits per heavy atom. The van der Waals surface area contributed by atoms with Crippen molar-refractivity contribution in [1.29, 1.82) is 0 Å². The molecule has 1 aliphatic carbocycles. The van der Waals surface area contributed by atoms with Gasteiger partial charge in [0.15, 0.2) is 9.84 Å². The highest BCUT2D eigenvalue weighted by molar-refractivity contribution is 7.92. The van der Waals surface area contributed by atoms with Crippen molar-refractivity contribution in [3.8, 4) is 0 Å². The van der Waals surface area contributed by atoms with Crippen LogP contribution in [0.5, 0.6) is 0 Å². The minimum Gasteiger partial charge on any atom is -0.303 e. The quantitative estimate of drug-likeness (QED) is 0.805. The van der Waals surface area contributed by atoms with Crippen LogP contribution in [0.4, 0.5) is 0 Å². The van der Waals surface area contributed by atoms with Gasteiger partial charge in [0.1, 0.15) is 6.29 Å². The van der Waals surface area contributed by atoms with E-state index in [1.807, 2.05) is 6.92 Å². The molecule has 1 fully saturated rings. The zero-order valence-corrected chi connectivity index (χ0v) is 13.5. The summed E-state index contributed by atoms with van der Waals surface area (Å²) in [6.07, 6.45) is 0.746. The summed E-state index contributed by atoms with van der Waals surface area (Å²) in [4.78, 5) is 11.5. The molecule has 0 N–H and O–H groups in total. The van der Waals surface area contributed by atoms with Gasteiger partial charge in [0, 0.05) is 16.9 Å². The van der Waals surface area contributed by atoms with Gasteiger partial charge in [-0.3, -0.25) is 0 Å². The second-order valence-electron chi connectivity index (χ2n) is 5.61. The maximum Gasteiger partial charge on any atom is 0.182 e. The summed E-state index contributed by atoms with van der Waals surface area (Å²) in [5.41, 5.74) is 1.83. The fraction of sp³-hybridized carbons (Fsp3) is 0.235. The lowest BCUT2D eigenvalue weighted by Crippen LogP contribution is -2.11. The Hall–Kier alpha value is -1.65. The molecule has 5 heteroatoms. The largest absolute Gasteiger partial charge is 0.303 e. The van der Waals surface area contributed by atoms with Gasteiger partial charge < -0.3 is 4.79 Å². The maximum atomic E-state index is 12.7. The number of aryl methyl sites for hydroxylation is 1. The van der Waals surface area contributed by atoms with E-state index in [1.165, 1.54) is 0 Å². The van der Waals surface area contributed by atoms with Crippen LogP contribution in [0, 0.1) is 12.8 Å². The minimum atomic E-state index is -3.52. The van der Waals surface area contributed by atoms with E-state index in [2.05, 4.69) is 0 Å². The van der Waals surface area contributed by atoms with Crippen LogP contribution in [0.25, 0.3) is 0 Å². The van der Waals surface area contributed by atoms with Gasteiger partial charge in [0.25, 0.3) is 0 Å². The highest BCUT2D eigenvalue weighted by Gasteiger charge is 2.58. The molecule has 0 bridgehead atoms. The first-order valence-electron chi connectivity index (χ1n) is 6.96. The van der Waals surface area contributed by atoms with Crippen molar-refractivity contribution in [3.05, 3.63) is 64.7 Å². The van der Waals surface area contributed by atoms with Gasteiger partial charge in [-0.25, -0.2) is 8.42 Å². The molecule has 2 aromatic rings. The number of aldehydes is 1. The summed E-state index contributed by atoms with van der Waals surface area (Å²) in [7, 11) is -3.52. The Kier molecular flexibility index (Phi) is 3.83. The molecule has 0 saturated heterocycles. The monoisotopic (exact) mass is 334 g/mol. The first-order valence-corrected chi connectivity index (χ1v) is 8.89. The predicted octanol–water partition coefficient (Wildman–Crippen LogP) is 3.40. The number of halogens is 1. The average Bonchev–Trinajstić information content (AvgIpc) is 3.24. The fourth-order valence-corrected chi connectivity index (χ4v) is 5.09. The summed E-state index contributed by atoms with van der Waals surface area (Å²) in [5.74, 6) is -0.784. The summed E-state index contributed by atoms with van der Waals surface area (Å²) >= 11 is 5.86. The third-order valence-electron chi connectivity index (χ3n) is 4.13. The van der Waals surface area contributed by atoms with Crippen molar-refractivity contribution in [3.63, 3.8) is 0 Å². The second-order valence-corrected chi connectivity index (χ2v) is 8.16. The Morgan fingerprint density at radius 2 is 1.59 bits per heavy atom. The molecule has 22 heavy (non-hydrogen) atoms. The summed E-state index contributed by atoms with van der Waals surface area (Å²) in [6.45, 7) is 1.90. The van der Waals surface area contributed by atoms with E-state index in [0.29, 0.717) is 5.02 Å². The lowest BCUT2D eigenvalue weighted by molar-refractivity contribution is -0.108. The Bertz CT molecular complexity index is 795. The molecule has 1 saturated carbocycles. The molecular formula is C17H15ClO3S. The second kappa shape index (κ2) is 5.52. The van der Waals surface area contributed by atoms with E-state index < -0.39 is 21.0 Å². The lowest BCUT2D eigenvalue weighted by atomic mass is 10.1. The third-order valence-corrected chi connectivity index (χ3v) is 6.63. The van der Waals surface area contributed by atoms with Gasteiger partial charge in [0.05, 0.1) is 10.1 Å². The molecule has 0 aliphatic heterocycles. The topological polar surface area (TPSA) is 51.2 Å². The number of benzene rings is 2. The van der Waals surface area contributed by atoms with Crippen molar-refractivity contribution < 1.29 is 13.2 Å². The van der Waals surface area contributed by atoms with Crippen LogP contribution in [0.3, 0.4) is 0 Å². The zero-order chi connectivity index (χ0) is 15.9. The lowest BCUT2D eigenvalue weighted by Gasteiger charge is -2.05. The Balaban J connectivity index is 1.95. The first-order chi connectivity index (χ1) is 10.4. The van der Waals surface area contributed by atoms with Crippen LogP contribution in [0.1, 0.15) is 17.0 Å². The van der Waals surface area contributed by atoms with Crippen LogP contribution in [0.2, 0.25) is 5.02 Å². The molecule has 0 amide bonds. The predicted molar refractivity (Wildman–Crippen MR) is 85.9 cm³/mol. The fourth-order valence-electron chi connectivity index (χ4n) is 2.85. The SMILES string of the molecule is Cc1ccc(S(=O)(=O)[C@H]2[C@@H](C=O)[C@@H]2c2ccc(Cl)cc2)cc1. The van der Waals surface area contributed by atoms with E-state index in [-0.39, 0.29) is 10.8 Å². The normalized spacial score (nSPS) is 24.0. The Morgan fingerprint density at radius 3 is 2.14 bits per heavy atom. The van der Waals surface area contributed by atoms with E-state index in [1.54, 1.807) is 48.5 Å². The molecule has 0 radical (unpaired) electrons. The molecule has 3 atom stereocenters. The van der Waals surface area contributed by atoms with Gasteiger partial charge in [0.2, 0.25) is 0 Å². The smallest absolute Gasteiger partial charge is 0.182 e. The standard InChI is InChI=1S/C17H15ClO3S/c1-11-2-8-14(9-3-11)22(20,21)17-15(10-19)16(17)12-4-6-13(18)7-5-12/h2-10,15-17H,1H3/t15-,16-,17-/m0/s1. The molecule has 3 rings (SSSR count). The molecule has 0 heterocycles. The highest BCUT2D eigenvalue weighted by Crippen LogP contribution is 2.52. The van der Waals surface area contributed by atoms with Gasteiger partial charge in [-0.15, -0.1) is 0 Å². The van der Waals surface area contributed by atoms with Crippen LogP contribution in [0.15, 0.2) is 53.4 Å². The molecule has 0 aromatic heterocycles. The minimum absolute atomic E-state index is 0.270.